The van der Waals surface area contributed by atoms with Crippen LogP contribution in [0.1, 0.15) is 39.7 Å². The maximum Gasteiger partial charge on any atom is 0.416 e. The molecule has 1 fully saturated rings. The second kappa shape index (κ2) is 6.28. The highest BCUT2D eigenvalue weighted by Crippen LogP contribution is 2.45. The molecule has 4 rings (SSSR count). The van der Waals surface area contributed by atoms with E-state index in [2.05, 4.69) is 15.5 Å². The molecule has 2 heterocycles. The fourth-order valence-electron chi connectivity index (χ4n) is 2.76. The molecule has 2 aromatic heterocycles. The fraction of sp³-hybridized carbons (Fsp3) is 0.222. The first-order valence-electron chi connectivity index (χ1n) is 8.04. The molecule has 1 amide bonds. The first-order valence-corrected chi connectivity index (χ1v) is 8.92. The highest BCUT2D eigenvalue weighted by molar-refractivity contribution is 7.12. The van der Waals surface area contributed by atoms with E-state index in [0.29, 0.717) is 27.7 Å². The summed E-state index contributed by atoms with van der Waals surface area (Å²) in [6.45, 7) is 0. The summed E-state index contributed by atoms with van der Waals surface area (Å²) >= 11 is 1.32. The quantitative estimate of drug-likeness (QED) is 0.649. The molecule has 0 aliphatic heterocycles. The molecule has 1 aromatic carbocycles. The molecule has 8 heteroatoms. The fourth-order valence-corrected chi connectivity index (χ4v) is 3.38. The molecule has 0 spiro atoms. The van der Waals surface area contributed by atoms with Gasteiger partial charge in [0, 0.05) is 11.5 Å². The molecule has 3 aromatic rings. The Morgan fingerprint density at radius 2 is 1.92 bits per heavy atom. The normalized spacial score (nSPS) is 14.4. The van der Waals surface area contributed by atoms with E-state index < -0.39 is 11.7 Å². The van der Waals surface area contributed by atoms with Crippen LogP contribution in [-0.2, 0) is 6.18 Å². The summed E-state index contributed by atoms with van der Waals surface area (Å²) < 4.78 is 38.3. The molecule has 1 aliphatic rings. The van der Waals surface area contributed by atoms with Gasteiger partial charge in [0.05, 0.1) is 21.8 Å². The number of hydrogen-bond acceptors (Lipinski definition) is 3. The predicted molar refractivity (Wildman–Crippen MR) is 93.3 cm³/mol. The van der Waals surface area contributed by atoms with Crippen molar-refractivity contribution in [2.24, 2.45) is 0 Å². The summed E-state index contributed by atoms with van der Waals surface area (Å²) in [6, 6.07) is 8.28. The lowest BCUT2D eigenvalue weighted by Crippen LogP contribution is -2.11. The molecule has 1 aliphatic carbocycles. The lowest BCUT2D eigenvalue weighted by molar-refractivity contribution is -0.137. The SMILES string of the molecule is O=C(Nc1c(-c2ccc(C(F)(F)F)cc2)n[nH]c1C1CC1)c1cccs1. The Kier molecular flexibility index (Phi) is 4.07. The molecule has 4 nitrogen and oxygen atoms in total. The Labute approximate surface area is 151 Å². The number of aromatic amines is 1. The number of rotatable bonds is 4. The smallest absolute Gasteiger partial charge is 0.318 e. The van der Waals surface area contributed by atoms with E-state index in [0.717, 1.165) is 30.7 Å². The van der Waals surface area contributed by atoms with Crippen molar-refractivity contribution in [1.82, 2.24) is 10.2 Å². The summed E-state index contributed by atoms with van der Waals surface area (Å²) in [4.78, 5) is 13.0. The van der Waals surface area contributed by atoms with Crippen LogP contribution in [0.2, 0.25) is 0 Å². The number of hydrogen-bond donors (Lipinski definition) is 2. The van der Waals surface area contributed by atoms with Crippen LogP contribution >= 0.6 is 11.3 Å². The van der Waals surface area contributed by atoms with E-state index in [9.17, 15) is 18.0 Å². The van der Waals surface area contributed by atoms with Crippen LogP contribution in [-0.4, -0.2) is 16.1 Å². The number of benzene rings is 1. The van der Waals surface area contributed by atoms with Crippen LogP contribution in [0.3, 0.4) is 0 Å². The van der Waals surface area contributed by atoms with Crippen LogP contribution in [0.25, 0.3) is 11.3 Å². The molecule has 0 bridgehead atoms. The Bertz CT molecular complexity index is 926. The average molecular weight is 377 g/mol. The van der Waals surface area contributed by atoms with Gasteiger partial charge < -0.3 is 5.32 Å². The summed E-state index contributed by atoms with van der Waals surface area (Å²) in [5.41, 5.74) is 1.62. The van der Waals surface area contributed by atoms with Crippen LogP contribution in [0.4, 0.5) is 18.9 Å². The minimum Gasteiger partial charge on any atom is -0.318 e. The van der Waals surface area contributed by atoms with Crippen molar-refractivity contribution in [3.63, 3.8) is 0 Å². The van der Waals surface area contributed by atoms with E-state index >= 15 is 0 Å². The number of nitrogens with zero attached hydrogens (tertiary/aromatic N) is 1. The first kappa shape index (κ1) is 16.8. The van der Waals surface area contributed by atoms with Gasteiger partial charge in [0.15, 0.2) is 0 Å². The Balaban J connectivity index is 1.69. The maximum absolute atomic E-state index is 12.8. The largest absolute Gasteiger partial charge is 0.416 e. The van der Waals surface area contributed by atoms with Crippen molar-refractivity contribution in [3.05, 3.63) is 57.9 Å². The Hall–Kier alpha value is -2.61. The van der Waals surface area contributed by atoms with Gasteiger partial charge in [0.2, 0.25) is 0 Å². The van der Waals surface area contributed by atoms with Crippen molar-refractivity contribution in [3.8, 4) is 11.3 Å². The number of H-pyrrole nitrogens is 1. The number of thiophene rings is 1. The third-order valence-corrected chi connectivity index (χ3v) is 5.12. The third kappa shape index (κ3) is 3.24. The molecule has 2 N–H and O–H groups in total. The summed E-state index contributed by atoms with van der Waals surface area (Å²) in [5.74, 6) is 0.0424. The van der Waals surface area contributed by atoms with Crippen molar-refractivity contribution < 1.29 is 18.0 Å². The summed E-state index contributed by atoms with van der Waals surface area (Å²) in [5, 5.41) is 11.9. The minimum atomic E-state index is -4.39. The van der Waals surface area contributed by atoms with Crippen molar-refractivity contribution in [1.29, 1.82) is 0 Å². The van der Waals surface area contributed by atoms with Crippen LogP contribution in [0.5, 0.6) is 0 Å². The van der Waals surface area contributed by atoms with Gasteiger partial charge in [0.1, 0.15) is 5.69 Å². The molecule has 0 unspecified atom stereocenters. The highest BCUT2D eigenvalue weighted by Gasteiger charge is 2.32. The number of carbonyl (C=O) groups excluding carboxylic acids is 1. The van der Waals surface area contributed by atoms with Gasteiger partial charge in [-0.3, -0.25) is 9.89 Å². The zero-order valence-electron chi connectivity index (χ0n) is 13.4. The van der Waals surface area contributed by atoms with Gasteiger partial charge in [-0.05, 0) is 36.4 Å². The number of carbonyl (C=O) groups is 1. The lowest BCUT2D eigenvalue weighted by Gasteiger charge is -2.09. The van der Waals surface area contributed by atoms with Crippen LogP contribution < -0.4 is 5.32 Å². The average Bonchev–Trinajstić information content (AvgIpc) is 3.14. The molecular weight excluding hydrogens is 363 g/mol. The number of anilines is 1. The molecular formula is C18H14F3N3OS. The van der Waals surface area contributed by atoms with E-state index in [1.807, 2.05) is 5.38 Å². The molecule has 1 saturated carbocycles. The monoisotopic (exact) mass is 377 g/mol. The molecule has 0 saturated heterocycles. The second-order valence-electron chi connectivity index (χ2n) is 6.14. The summed E-state index contributed by atoms with van der Waals surface area (Å²) in [6.07, 6.45) is -2.40. The second-order valence-corrected chi connectivity index (χ2v) is 7.09. The van der Waals surface area contributed by atoms with E-state index in [1.54, 1.807) is 12.1 Å². The predicted octanol–water partition coefficient (Wildman–Crippen LogP) is 5.29. The third-order valence-electron chi connectivity index (χ3n) is 4.25. The molecule has 0 radical (unpaired) electrons. The number of alkyl halides is 3. The van der Waals surface area contributed by atoms with Crippen LogP contribution in [0, 0.1) is 0 Å². The van der Waals surface area contributed by atoms with Gasteiger partial charge >= 0.3 is 6.18 Å². The lowest BCUT2D eigenvalue weighted by atomic mass is 10.1. The van der Waals surface area contributed by atoms with E-state index in [1.165, 1.54) is 23.5 Å². The minimum absolute atomic E-state index is 0.253. The summed E-state index contributed by atoms with van der Waals surface area (Å²) in [7, 11) is 0. The highest BCUT2D eigenvalue weighted by atomic mass is 32.1. The first-order chi connectivity index (χ1) is 12.4. The standard InChI is InChI=1S/C18H14F3N3OS/c19-18(20,21)12-7-5-11(6-8-12)15-16(14(23-24-15)10-3-4-10)22-17(25)13-2-1-9-26-13/h1-2,5-10H,3-4H2,(H,22,25)(H,23,24). The van der Waals surface area contributed by atoms with Gasteiger partial charge in [-0.2, -0.15) is 18.3 Å². The zero-order chi connectivity index (χ0) is 18.3. The van der Waals surface area contributed by atoms with E-state index in [-0.39, 0.29) is 5.91 Å². The van der Waals surface area contributed by atoms with Crippen molar-refractivity contribution >= 4 is 22.9 Å². The van der Waals surface area contributed by atoms with Crippen molar-refractivity contribution in [2.45, 2.75) is 24.9 Å². The van der Waals surface area contributed by atoms with Crippen molar-refractivity contribution in [2.75, 3.05) is 5.32 Å². The Morgan fingerprint density at radius 3 is 2.50 bits per heavy atom. The molecule has 26 heavy (non-hydrogen) atoms. The molecule has 134 valence electrons. The van der Waals surface area contributed by atoms with Gasteiger partial charge in [-0.15, -0.1) is 11.3 Å². The number of nitrogens with one attached hydrogen (secondary N) is 2. The van der Waals surface area contributed by atoms with Gasteiger partial charge in [0.25, 0.3) is 5.91 Å². The maximum atomic E-state index is 12.8. The van der Waals surface area contributed by atoms with E-state index in [4.69, 9.17) is 0 Å². The number of halogens is 3. The Morgan fingerprint density at radius 1 is 1.19 bits per heavy atom. The van der Waals surface area contributed by atoms with Gasteiger partial charge in [-0.25, -0.2) is 0 Å². The van der Waals surface area contributed by atoms with Crippen LogP contribution in [0.15, 0.2) is 41.8 Å². The number of amides is 1. The molecule has 0 atom stereocenters. The zero-order valence-corrected chi connectivity index (χ0v) is 14.2. The topological polar surface area (TPSA) is 57.8 Å². The van der Waals surface area contributed by atoms with Gasteiger partial charge in [-0.1, -0.05) is 18.2 Å². The number of aromatic nitrogens is 2.